The van der Waals surface area contributed by atoms with Crippen molar-refractivity contribution < 1.29 is 18.7 Å². The van der Waals surface area contributed by atoms with Crippen LogP contribution in [-0.4, -0.2) is 18.5 Å². The molecule has 0 radical (unpaired) electrons. The first-order valence-corrected chi connectivity index (χ1v) is 8.33. The van der Waals surface area contributed by atoms with Crippen LogP contribution in [0.1, 0.15) is 44.9 Å². The number of nitrogens with one attached hydrogen (secondary N) is 1. The van der Waals surface area contributed by atoms with Crippen LogP contribution in [0.25, 0.3) is 0 Å². The number of anilines is 1. The SMILES string of the molecule is O=C(COC(=O)CCC1CCCCC1)Nc1cc(Cl)ccc1F. The number of amides is 1. The van der Waals surface area contributed by atoms with Gasteiger partial charge in [0.05, 0.1) is 5.69 Å². The summed E-state index contributed by atoms with van der Waals surface area (Å²) in [6.07, 6.45) is 7.21. The van der Waals surface area contributed by atoms with Crippen LogP contribution in [0.4, 0.5) is 10.1 Å². The van der Waals surface area contributed by atoms with E-state index in [9.17, 15) is 14.0 Å². The van der Waals surface area contributed by atoms with Gasteiger partial charge in [0.1, 0.15) is 5.82 Å². The zero-order chi connectivity index (χ0) is 16.7. The Morgan fingerprint density at radius 2 is 2.00 bits per heavy atom. The molecule has 1 aromatic carbocycles. The Hall–Kier alpha value is -1.62. The molecule has 23 heavy (non-hydrogen) atoms. The first kappa shape index (κ1) is 17.7. The van der Waals surface area contributed by atoms with Gasteiger partial charge < -0.3 is 10.1 Å². The maximum absolute atomic E-state index is 13.5. The van der Waals surface area contributed by atoms with E-state index in [4.69, 9.17) is 16.3 Å². The fraction of sp³-hybridized carbons (Fsp3) is 0.529. The van der Waals surface area contributed by atoms with Gasteiger partial charge >= 0.3 is 5.97 Å². The minimum atomic E-state index is -0.591. The Labute approximate surface area is 140 Å². The number of benzene rings is 1. The van der Waals surface area contributed by atoms with Crippen molar-refractivity contribution in [2.75, 3.05) is 11.9 Å². The molecule has 0 spiro atoms. The van der Waals surface area contributed by atoms with E-state index in [1.165, 1.54) is 44.2 Å². The van der Waals surface area contributed by atoms with E-state index in [1.807, 2.05) is 0 Å². The molecule has 0 unspecified atom stereocenters. The molecule has 1 fully saturated rings. The molecule has 4 nitrogen and oxygen atoms in total. The molecule has 0 atom stereocenters. The molecule has 0 aromatic heterocycles. The van der Waals surface area contributed by atoms with Crippen molar-refractivity contribution in [3.63, 3.8) is 0 Å². The summed E-state index contributed by atoms with van der Waals surface area (Å²) in [6.45, 7) is -0.421. The lowest BCUT2D eigenvalue weighted by molar-refractivity contribution is -0.147. The number of carbonyl (C=O) groups excluding carboxylic acids is 2. The number of halogens is 2. The molecule has 1 aromatic rings. The summed E-state index contributed by atoms with van der Waals surface area (Å²) in [6, 6.07) is 3.85. The standard InChI is InChI=1S/C17H21ClFNO3/c18-13-7-8-14(19)15(10-13)20-16(21)11-23-17(22)9-6-12-4-2-1-3-5-12/h7-8,10,12H,1-6,9,11H2,(H,20,21). The monoisotopic (exact) mass is 341 g/mol. The second-order valence-electron chi connectivity index (χ2n) is 5.88. The van der Waals surface area contributed by atoms with Crippen LogP contribution in [0.15, 0.2) is 18.2 Å². The minimum Gasteiger partial charge on any atom is -0.456 e. The number of esters is 1. The number of rotatable bonds is 6. The van der Waals surface area contributed by atoms with Crippen LogP contribution >= 0.6 is 11.6 Å². The molecule has 1 N–H and O–H groups in total. The van der Waals surface area contributed by atoms with Gasteiger partial charge in [0.25, 0.3) is 5.91 Å². The molecule has 1 amide bonds. The zero-order valence-corrected chi connectivity index (χ0v) is 13.7. The van der Waals surface area contributed by atoms with Crippen LogP contribution in [0, 0.1) is 11.7 Å². The van der Waals surface area contributed by atoms with Gasteiger partial charge in [-0.25, -0.2) is 4.39 Å². The maximum atomic E-state index is 13.5. The molecule has 0 saturated heterocycles. The Balaban J connectivity index is 1.69. The van der Waals surface area contributed by atoms with Gasteiger partial charge in [-0.1, -0.05) is 43.7 Å². The van der Waals surface area contributed by atoms with Gasteiger partial charge in [0.2, 0.25) is 0 Å². The van der Waals surface area contributed by atoms with Crippen LogP contribution in [0.5, 0.6) is 0 Å². The highest BCUT2D eigenvalue weighted by Gasteiger charge is 2.16. The van der Waals surface area contributed by atoms with Crippen molar-refractivity contribution in [1.82, 2.24) is 0 Å². The fourth-order valence-corrected chi connectivity index (χ4v) is 2.97. The second kappa shape index (κ2) is 8.87. The van der Waals surface area contributed by atoms with Crippen molar-refractivity contribution in [2.45, 2.75) is 44.9 Å². The van der Waals surface area contributed by atoms with E-state index >= 15 is 0 Å². The smallest absolute Gasteiger partial charge is 0.306 e. The molecular weight excluding hydrogens is 321 g/mol. The fourth-order valence-electron chi connectivity index (χ4n) is 2.80. The van der Waals surface area contributed by atoms with E-state index in [1.54, 1.807) is 0 Å². The van der Waals surface area contributed by atoms with Gasteiger partial charge in [-0.3, -0.25) is 9.59 Å². The summed E-state index contributed by atoms with van der Waals surface area (Å²) in [5, 5.41) is 2.65. The molecule has 2 rings (SSSR count). The summed E-state index contributed by atoms with van der Waals surface area (Å²) in [5.74, 6) is -0.980. The van der Waals surface area contributed by atoms with Gasteiger partial charge in [0.15, 0.2) is 6.61 Å². The van der Waals surface area contributed by atoms with Gasteiger partial charge in [-0.15, -0.1) is 0 Å². The van der Waals surface area contributed by atoms with Crippen molar-refractivity contribution in [3.05, 3.63) is 29.0 Å². The van der Waals surface area contributed by atoms with Gasteiger partial charge in [0, 0.05) is 11.4 Å². The molecule has 0 bridgehead atoms. The molecular formula is C17H21ClFNO3. The Kier molecular flexibility index (Phi) is 6.84. The largest absolute Gasteiger partial charge is 0.456 e. The number of ether oxygens (including phenoxy) is 1. The molecule has 126 valence electrons. The Morgan fingerprint density at radius 3 is 2.74 bits per heavy atom. The van der Waals surface area contributed by atoms with Crippen LogP contribution in [0.2, 0.25) is 5.02 Å². The Morgan fingerprint density at radius 1 is 1.26 bits per heavy atom. The average Bonchev–Trinajstić information content (AvgIpc) is 2.55. The van der Waals surface area contributed by atoms with Gasteiger partial charge in [-0.2, -0.15) is 0 Å². The molecule has 0 heterocycles. The zero-order valence-electron chi connectivity index (χ0n) is 12.9. The summed E-state index contributed by atoms with van der Waals surface area (Å²) < 4.78 is 18.4. The summed E-state index contributed by atoms with van der Waals surface area (Å²) in [5.41, 5.74) is -0.0271. The van der Waals surface area contributed by atoms with Crippen LogP contribution in [-0.2, 0) is 14.3 Å². The summed E-state index contributed by atoms with van der Waals surface area (Å²) in [7, 11) is 0. The average molecular weight is 342 g/mol. The van der Waals surface area contributed by atoms with Gasteiger partial charge in [-0.05, 0) is 30.5 Å². The maximum Gasteiger partial charge on any atom is 0.306 e. The van der Waals surface area contributed by atoms with E-state index < -0.39 is 24.3 Å². The molecule has 0 aliphatic heterocycles. The number of hydrogen-bond acceptors (Lipinski definition) is 3. The first-order chi connectivity index (χ1) is 11.0. The molecule has 1 saturated carbocycles. The highest BCUT2D eigenvalue weighted by atomic mass is 35.5. The van der Waals surface area contributed by atoms with Crippen molar-refractivity contribution in [2.24, 2.45) is 5.92 Å². The lowest BCUT2D eigenvalue weighted by atomic mass is 9.86. The third kappa shape index (κ3) is 6.18. The highest BCUT2D eigenvalue weighted by Crippen LogP contribution is 2.27. The topological polar surface area (TPSA) is 55.4 Å². The lowest BCUT2D eigenvalue weighted by Gasteiger charge is -2.20. The number of hydrogen-bond donors (Lipinski definition) is 1. The van der Waals surface area contributed by atoms with E-state index in [2.05, 4.69) is 5.32 Å². The molecule has 1 aliphatic rings. The normalized spacial score (nSPS) is 15.2. The molecule has 1 aliphatic carbocycles. The van der Waals surface area contributed by atoms with Crippen molar-refractivity contribution in [3.8, 4) is 0 Å². The molecule has 6 heteroatoms. The predicted molar refractivity (Wildman–Crippen MR) is 86.8 cm³/mol. The predicted octanol–water partition coefficient (Wildman–Crippen LogP) is 4.32. The Bertz CT molecular complexity index is 559. The first-order valence-electron chi connectivity index (χ1n) is 7.95. The van der Waals surface area contributed by atoms with Crippen molar-refractivity contribution in [1.29, 1.82) is 0 Å². The highest BCUT2D eigenvalue weighted by molar-refractivity contribution is 6.30. The third-order valence-electron chi connectivity index (χ3n) is 4.05. The summed E-state index contributed by atoms with van der Waals surface area (Å²) >= 11 is 5.74. The van der Waals surface area contributed by atoms with Crippen molar-refractivity contribution >= 4 is 29.2 Å². The third-order valence-corrected chi connectivity index (χ3v) is 4.28. The van der Waals surface area contributed by atoms with E-state index in [0.29, 0.717) is 17.4 Å². The number of carbonyl (C=O) groups is 2. The summed E-state index contributed by atoms with van der Waals surface area (Å²) in [4.78, 5) is 23.4. The quantitative estimate of drug-likeness (QED) is 0.784. The lowest BCUT2D eigenvalue weighted by Crippen LogP contribution is -2.21. The van der Waals surface area contributed by atoms with Crippen LogP contribution in [0.3, 0.4) is 0 Å². The minimum absolute atomic E-state index is 0.0271. The second-order valence-corrected chi connectivity index (χ2v) is 6.31. The van der Waals surface area contributed by atoms with E-state index in [0.717, 1.165) is 12.5 Å². The van der Waals surface area contributed by atoms with E-state index in [-0.39, 0.29) is 5.69 Å². The van der Waals surface area contributed by atoms with Crippen LogP contribution < -0.4 is 5.32 Å².